The van der Waals surface area contributed by atoms with Crippen LogP contribution in [0.5, 0.6) is 17.2 Å². The molecule has 10 heteroatoms. The molecule has 0 saturated carbocycles. The summed E-state index contributed by atoms with van der Waals surface area (Å²) in [6.07, 6.45) is -3.91. The van der Waals surface area contributed by atoms with E-state index in [0.29, 0.717) is 39.8 Å². The van der Waals surface area contributed by atoms with Crippen LogP contribution in [0.4, 0.5) is 13.2 Å². The zero-order chi connectivity index (χ0) is 25.2. The Morgan fingerprint density at radius 1 is 0.829 bits per heavy atom. The summed E-state index contributed by atoms with van der Waals surface area (Å²) < 4.78 is 48.0. The molecule has 184 valence electrons. The van der Waals surface area contributed by atoms with Crippen LogP contribution in [-0.4, -0.2) is 35.3 Å². The van der Waals surface area contributed by atoms with E-state index in [9.17, 15) is 28.2 Å². The fourth-order valence-electron chi connectivity index (χ4n) is 3.55. The van der Waals surface area contributed by atoms with Gasteiger partial charge < -0.3 is 25.4 Å². The van der Waals surface area contributed by atoms with Crippen LogP contribution in [-0.2, 0) is 6.42 Å². The molecule has 1 heterocycles. The lowest BCUT2D eigenvalue weighted by molar-refractivity contribution is -0.274. The standard InChI is InChI=1S/C25H22F3NO5S/c26-25(27,28)34-17-4-2-16(3-5-17)33-18-6-7-19-22(12-18)35-21-8-1-15(11-20(21)23(19)32)9-10-24(29,13-30)14-31/h1-8,11-12,30-31H,9-10,13-14,29H2. The van der Waals surface area contributed by atoms with Gasteiger partial charge in [0, 0.05) is 20.2 Å². The minimum atomic E-state index is -4.77. The van der Waals surface area contributed by atoms with E-state index in [0.717, 1.165) is 22.4 Å². The number of hydrogen-bond acceptors (Lipinski definition) is 7. The highest BCUT2D eigenvalue weighted by molar-refractivity contribution is 7.24. The summed E-state index contributed by atoms with van der Waals surface area (Å²) in [7, 11) is 0. The molecule has 1 aromatic heterocycles. The van der Waals surface area contributed by atoms with Crippen LogP contribution >= 0.6 is 11.3 Å². The van der Waals surface area contributed by atoms with Gasteiger partial charge in [-0.15, -0.1) is 24.5 Å². The first-order valence-electron chi connectivity index (χ1n) is 10.6. The number of nitrogens with two attached hydrogens (primary N) is 1. The Morgan fingerprint density at radius 2 is 1.49 bits per heavy atom. The Balaban J connectivity index is 1.57. The van der Waals surface area contributed by atoms with Crippen molar-refractivity contribution in [2.24, 2.45) is 5.73 Å². The van der Waals surface area contributed by atoms with E-state index >= 15 is 0 Å². The lowest BCUT2D eigenvalue weighted by Gasteiger charge is -2.24. The van der Waals surface area contributed by atoms with Gasteiger partial charge in [-0.2, -0.15) is 0 Å². The van der Waals surface area contributed by atoms with Crippen molar-refractivity contribution in [3.63, 3.8) is 0 Å². The molecule has 0 aliphatic rings. The summed E-state index contributed by atoms with van der Waals surface area (Å²) in [6, 6.07) is 15.5. The molecule has 0 saturated heterocycles. The zero-order valence-corrected chi connectivity index (χ0v) is 19.2. The van der Waals surface area contributed by atoms with E-state index in [-0.39, 0.29) is 24.4 Å². The Hall–Kier alpha value is -3.18. The molecule has 0 spiro atoms. The van der Waals surface area contributed by atoms with E-state index in [1.807, 2.05) is 12.1 Å². The molecule has 6 nitrogen and oxygen atoms in total. The minimum Gasteiger partial charge on any atom is -0.457 e. The molecule has 4 aromatic rings. The number of fused-ring (bicyclic) bond motifs is 2. The average Bonchev–Trinajstić information content (AvgIpc) is 2.83. The van der Waals surface area contributed by atoms with Gasteiger partial charge in [-0.05, 0) is 73.0 Å². The van der Waals surface area contributed by atoms with Gasteiger partial charge >= 0.3 is 6.36 Å². The van der Waals surface area contributed by atoms with Gasteiger partial charge in [0.25, 0.3) is 0 Å². The average molecular weight is 506 g/mol. The van der Waals surface area contributed by atoms with Crippen LogP contribution in [0, 0.1) is 0 Å². The molecule has 0 aliphatic carbocycles. The van der Waals surface area contributed by atoms with Crippen molar-refractivity contribution in [3.05, 3.63) is 76.5 Å². The first-order valence-corrected chi connectivity index (χ1v) is 11.4. The fourth-order valence-corrected chi connectivity index (χ4v) is 4.63. The molecule has 3 aromatic carbocycles. The van der Waals surface area contributed by atoms with Crippen molar-refractivity contribution in [3.8, 4) is 17.2 Å². The zero-order valence-electron chi connectivity index (χ0n) is 18.3. The smallest absolute Gasteiger partial charge is 0.457 e. The van der Waals surface area contributed by atoms with Gasteiger partial charge in [0.2, 0.25) is 0 Å². The predicted octanol–water partition coefficient (Wildman–Crippen LogP) is 4.72. The van der Waals surface area contributed by atoms with Crippen LogP contribution in [0.25, 0.3) is 20.2 Å². The number of aryl methyl sites for hydroxylation is 1. The highest BCUT2D eigenvalue weighted by Crippen LogP contribution is 2.32. The summed E-state index contributed by atoms with van der Waals surface area (Å²) in [5.41, 5.74) is 5.59. The molecule has 0 aliphatic heterocycles. The van der Waals surface area contributed by atoms with Crippen LogP contribution < -0.4 is 20.6 Å². The molecule has 0 unspecified atom stereocenters. The maximum atomic E-state index is 13.1. The fraction of sp³-hybridized carbons (Fsp3) is 0.240. The van der Waals surface area contributed by atoms with Gasteiger partial charge in [-0.25, -0.2) is 0 Å². The van der Waals surface area contributed by atoms with Crippen molar-refractivity contribution < 1.29 is 32.9 Å². The lowest BCUT2D eigenvalue weighted by Crippen LogP contribution is -2.47. The van der Waals surface area contributed by atoms with E-state index in [4.69, 9.17) is 10.5 Å². The first-order chi connectivity index (χ1) is 16.6. The largest absolute Gasteiger partial charge is 0.573 e. The molecule has 4 N–H and O–H groups in total. The quantitative estimate of drug-likeness (QED) is 0.300. The normalized spacial score (nSPS) is 12.3. The Labute approximate surface area is 202 Å². The topological polar surface area (TPSA) is 102 Å². The number of halogens is 3. The number of benzene rings is 3. The van der Waals surface area contributed by atoms with Crippen LogP contribution in [0.2, 0.25) is 0 Å². The third-order valence-electron chi connectivity index (χ3n) is 5.54. The number of hydrogen-bond donors (Lipinski definition) is 3. The number of rotatable bonds is 8. The van der Waals surface area contributed by atoms with E-state index in [2.05, 4.69) is 4.74 Å². The van der Waals surface area contributed by atoms with Crippen molar-refractivity contribution in [1.29, 1.82) is 0 Å². The van der Waals surface area contributed by atoms with Gasteiger partial charge in [-0.1, -0.05) is 6.07 Å². The number of aliphatic hydroxyl groups is 2. The second-order valence-electron chi connectivity index (χ2n) is 8.22. The first kappa shape index (κ1) is 24.9. The molecule has 0 amide bonds. The molecular weight excluding hydrogens is 483 g/mol. The molecule has 0 radical (unpaired) electrons. The van der Waals surface area contributed by atoms with Gasteiger partial charge in [0.05, 0.1) is 18.8 Å². The second kappa shape index (κ2) is 9.82. The predicted molar refractivity (Wildman–Crippen MR) is 128 cm³/mol. The molecule has 0 atom stereocenters. The van der Waals surface area contributed by atoms with E-state index in [1.165, 1.54) is 23.5 Å². The van der Waals surface area contributed by atoms with Crippen LogP contribution in [0.15, 0.2) is 65.5 Å². The minimum absolute atomic E-state index is 0.140. The number of ether oxygens (including phenoxy) is 2. The van der Waals surface area contributed by atoms with Gasteiger partial charge in [0.15, 0.2) is 5.43 Å². The Bertz CT molecular complexity index is 1400. The van der Waals surface area contributed by atoms with Gasteiger partial charge in [-0.3, -0.25) is 4.79 Å². The lowest BCUT2D eigenvalue weighted by atomic mass is 9.93. The summed E-state index contributed by atoms with van der Waals surface area (Å²) >= 11 is 1.41. The summed E-state index contributed by atoms with van der Waals surface area (Å²) in [5, 5.41) is 19.8. The van der Waals surface area contributed by atoms with Crippen molar-refractivity contribution in [2.45, 2.75) is 24.7 Å². The third-order valence-corrected chi connectivity index (χ3v) is 6.67. The second-order valence-corrected chi connectivity index (χ2v) is 9.30. The molecule has 0 fully saturated rings. The molecule has 35 heavy (non-hydrogen) atoms. The van der Waals surface area contributed by atoms with E-state index < -0.39 is 11.9 Å². The molecular formula is C25H22F3NO5S. The highest BCUT2D eigenvalue weighted by atomic mass is 32.1. The summed E-state index contributed by atoms with van der Waals surface area (Å²) in [5.74, 6) is 0.400. The third kappa shape index (κ3) is 5.91. The van der Waals surface area contributed by atoms with Crippen LogP contribution in [0.3, 0.4) is 0 Å². The SMILES string of the molecule is NC(CO)(CO)CCc1ccc2sc3cc(Oc4ccc(OC(F)(F)F)cc4)ccc3c(=O)c2c1. The summed E-state index contributed by atoms with van der Waals surface area (Å²) in [4.78, 5) is 13.1. The van der Waals surface area contributed by atoms with Crippen molar-refractivity contribution in [2.75, 3.05) is 13.2 Å². The van der Waals surface area contributed by atoms with E-state index in [1.54, 1.807) is 24.3 Å². The monoisotopic (exact) mass is 505 g/mol. The number of alkyl halides is 3. The Morgan fingerprint density at radius 3 is 2.14 bits per heavy atom. The van der Waals surface area contributed by atoms with Crippen molar-refractivity contribution >= 4 is 31.5 Å². The summed E-state index contributed by atoms with van der Waals surface area (Å²) in [6.45, 7) is -0.682. The number of aliphatic hydroxyl groups excluding tert-OH is 2. The van der Waals surface area contributed by atoms with Crippen molar-refractivity contribution in [1.82, 2.24) is 0 Å². The molecule has 0 bridgehead atoms. The van der Waals surface area contributed by atoms with Gasteiger partial charge in [0.1, 0.15) is 17.2 Å². The Kier molecular flexibility index (Phi) is 7.00. The molecule has 4 rings (SSSR count). The van der Waals surface area contributed by atoms with Crippen LogP contribution in [0.1, 0.15) is 12.0 Å². The maximum absolute atomic E-state index is 13.1. The maximum Gasteiger partial charge on any atom is 0.573 e. The highest BCUT2D eigenvalue weighted by Gasteiger charge is 2.31.